The molecule has 0 saturated heterocycles. The summed E-state index contributed by atoms with van der Waals surface area (Å²) in [5, 5.41) is 11.2. The van der Waals surface area contributed by atoms with Gasteiger partial charge >= 0.3 is 5.97 Å². The van der Waals surface area contributed by atoms with Gasteiger partial charge < -0.3 is 10.4 Å². The molecule has 0 aromatic rings. The van der Waals surface area contributed by atoms with Crippen molar-refractivity contribution in [3.63, 3.8) is 0 Å². The molecule has 0 bridgehead atoms. The fourth-order valence-electron chi connectivity index (χ4n) is 1.25. The Morgan fingerprint density at radius 2 is 1.83 bits per heavy atom. The summed E-state index contributed by atoms with van der Waals surface area (Å²) in [6.07, 6.45) is 1.27. The number of likely N-dealkylation sites (N-methyl/N-ethyl adjacent to an activating group) is 1. The first kappa shape index (κ1) is 16.9. The maximum absolute atomic E-state index is 11.5. The Morgan fingerprint density at radius 1 is 1.33 bits per heavy atom. The largest absolute Gasteiger partial charge is 0.480 e. The van der Waals surface area contributed by atoms with Gasteiger partial charge in [0, 0.05) is 7.05 Å². The summed E-state index contributed by atoms with van der Waals surface area (Å²) in [6, 6.07) is -0.995. The van der Waals surface area contributed by atoms with Crippen molar-refractivity contribution in [2.24, 2.45) is 5.92 Å². The highest BCUT2D eigenvalue weighted by Gasteiger charge is 2.23. The molecule has 7 nitrogen and oxygen atoms in total. The van der Waals surface area contributed by atoms with E-state index in [2.05, 4.69) is 5.32 Å². The molecule has 0 spiro atoms. The van der Waals surface area contributed by atoms with E-state index >= 15 is 0 Å². The van der Waals surface area contributed by atoms with E-state index in [4.69, 9.17) is 5.11 Å². The van der Waals surface area contributed by atoms with E-state index in [0.717, 1.165) is 10.6 Å². The van der Waals surface area contributed by atoms with Crippen molar-refractivity contribution in [2.45, 2.75) is 26.3 Å². The summed E-state index contributed by atoms with van der Waals surface area (Å²) in [4.78, 5) is 22.4. The fraction of sp³-hybridized carbons (Fsp3) is 0.800. The molecule has 0 aliphatic heterocycles. The van der Waals surface area contributed by atoms with Crippen LogP contribution in [0.2, 0.25) is 0 Å². The Kier molecular flexibility index (Phi) is 6.27. The van der Waals surface area contributed by atoms with Crippen LogP contribution in [0.25, 0.3) is 0 Å². The zero-order valence-corrected chi connectivity index (χ0v) is 11.8. The number of aliphatic carboxylic acids is 1. The van der Waals surface area contributed by atoms with Gasteiger partial charge in [0.25, 0.3) is 0 Å². The van der Waals surface area contributed by atoms with Gasteiger partial charge in [-0.1, -0.05) is 13.8 Å². The molecule has 0 aromatic heterocycles. The quantitative estimate of drug-likeness (QED) is 0.654. The monoisotopic (exact) mass is 280 g/mol. The number of carboxylic acids is 1. The molecule has 0 aliphatic rings. The van der Waals surface area contributed by atoms with Crippen LogP contribution in [-0.4, -0.2) is 55.6 Å². The van der Waals surface area contributed by atoms with Crippen LogP contribution < -0.4 is 5.32 Å². The van der Waals surface area contributed by atoms with Crippen molar-refractivity contribution < 1.29 is 23.1 Å². The van der Waals surface area contributed by atoms with Crippen molar-refractivity contribution in [1.82, 2.24) is 9.62 Å². The summed E-state index contributed by atoms with van der Waals surface area (Å²) in [7, 11) is -2.19. The molecule has 0 radical (unpaired) electrons. The highest BCUT2D eigenvalue weighted by atomic mass is 32.2. The van der Waals surface area contributed by atoms with Crippen LogP contribution >= 0.6 is 0 Å². The van der Waals surface area contributed by atoms with Crippen LogP contribution in [-0.2, 0) is 19.6 Å². The second kappa shape index (κ2) is 6.69. The van der Waals surface area contributed by atoms with Gasteiger partial charge in [0.05, 0.1) is 12.8 Å². The first-order valence-corrected chi connectivity index (χ1v) is 7.32. The lowest BCUT2D eigenvalue weighted by Gasteiger charge is -2.18. The third-order valence-corrected chi connectivity index (χ3v) is 3.53. The average Bonchev–Trinajstić information content (AvgIpc) is 2.13. The van der Waals surface area contributed by atoms with Gasteiger partial charge in [-0.05, 0) is 12.3 Å². The molecule has 1 amide bonds. The molecule has 0 saturated carbocycles. The van der Waals surface area contributed by atoms with Crippen LogP contribution in [0.1, 0.15) is 20.3 Å². The summed E-state index contributed by atoms with van der Waals surface area (Å²) in [5.41, 5.74) is 0. The number of sulfonamides is 1. The molecule has 0 heterocycles. The first-order chi connectivity index (χ1) is 8.04. The number of carboxylic acid groups (broad SMARTS) is 1. The van der Waals surface area contributed by atoms with Crippen LogP contribution in [0.15, 0.2) is 0 Å². The standard InChI is InChI=1S/C10H20N2O5S/c1-7(2)5-8(10(14)15)11-9(13)6-12(3)18(4,16)17/h7-8H,5-6H2,1-4H3,(H,11,13)(H,14,15)/t8-/m0/s1. The molecular formula is C10H20N2O5S. The van der Waals surface area contributed by atoms with Gasteiger partial charge in [-0.25, -0.2) is 13.2 Å². The maximum atomic E-state index is 11.5. The minimum absolute atomic E-state index is 0.110. The molecule has 0 fully saturated rings. The minimum atomic E-state index is -3.45. The number of carbonyl (C=O) groups excluding carboxylic acids is 1. The Hall–Kier alpha value is -1.15. The third kappa shape index (κ3) is 6.55. The fourth-order valence-corrected chi connectivity index (χ4v) is 1.60. The molecule has 0 aromatic carbocycles. The van der Waals surface area contributed by atoms with Gasteiger partial charge in [-0.2, -0.15) is 4.31 Å². The Balaban J connectivity index is 4.49. The van der Waals surface area contributed by atoms with Gasteiger partial charge in [-0.3, -0.25) is 4.79 Å². The van der Waals surface area contributed by atoms with Crippen LogP contribution in [0.4, 0.5) is 0 Å². The zero-order chi connectivity index (χ0) is 14.5. The average molecular weight is 280 g/mol. The number of nitrogens with zero attached hydrogens (tertiary/aromatic N) is 1. The molecule has 8 heteroatoms. The molecular weight excluding hydrogens is 260 g/mol. The Bertz CT molecular complexity index is 404. The van der Waals surface area contributed by atoms with E-state index in [1.807, 2.05) is 13.8 Å². The molecule has 0 unspecified atom stereocenters. The summed E-state index contributed by atoms with van der Waals surface area (Å²) >= 11 is 0. The molecule has 18 heavy (non-hydrogen) atoms. The lowest BCUT2D eigenvalue weighted by Crippen LogP contribution is -2.46. The van der Waals surface area contributed by atoms with E-state index in [-0.39, 0.29) is 12.5 Å². The number of nitrogens with one attached hydrogen (secondary N) is 1. The number of amides is 1. The van der Waals surface area contributed by atoms with E-state index in [1.54, 1.807) is 0 Å². The van der Waals surface area contributed by atoms with Crippen molar-refractivity contribution in [1.29, 1.82) is 0 Å². The van der Waals surface area contributed by atoms with Crippen molar-refractivity contribution >= 4 is 21.9 Å². The SMILES string of the molecule is CC(C)C[C@H](NC(=O)CN(C)S(C)(=O)=O)C(=O)O. The number of rotatable bonds is 7. The lowest BCUT2D eigenvalue weighted by molar-refractivity contribution is -0.142. The number of hydrogen-bond donors (Lipinski definition) is 2. The maximum Gasteiger partial charge on any atom is 0.326 e. The Morgan fingerprint density at radius 3 is 2.17 bits per heavy atom. The van der Waals surface area contributed by atoms with Gasteiger partial charge in [-0.15, -0.1) is 0 Å². The van der Waals surface area contributed by atoms with E-state index in [0.29, 0.717) is 6.42 Å². The van der Waals surface area contributed by atoms with Crippen molar-refractivity contribution in [2.75, 3.05) is 19.8 Å². The van der Waals surface area contributed by atoms with Crippen LogP contribution in [0.3, 0.4) is 0 Å². The summed E-state index contributed by atoms with van der Waals surface area (Å²) in [6.45, 7) is 3.29. The normalized spacial score (nSPS) is 13.7. The molecule has 0 rings (SSSR count). The second-order valence-corrected chi connectivity index (χ2v) is 6.70. The number of carbonyl (C=O) groups is 2. The smallest absolute Gasteiger partial charge is 0.326 e. The highest BCUT2D eigenvalue weighted by Crippen LogP contribution is 2.05. The second-order valence-electron chi connectivity index (χ2n) is 4.61. The van der Waals surface area contributed by atoms with Crippen LogP contribution in [0.5, 0.6) is 0 Å². The molecule has 106 valence electrons. The van der Waals surface area contributed by atoms with Gasteiger partial charge in [0.2, 0.25) is 15.9 Å². The summed E-state index contributed by atoms with van der Waals surface area (Å²) < 4.78 is 23.0. The van der Waals surface area contributed by atoms with Crippen LogP contribution in [0, 0.1) is 5.92 Å². The van der Waals surface area contributed by atoms with E-state index < -0.39 is 27.9 Å². The van der Waals surface area contributed by atoms with E-state index in [1.165, 1.54) is 7.05 Å². The first-order valence-electron chi connectivity index (χ1n) is 5.47. The lowest BCUT2D eigenvalue weighted by atomic mass is 10.0. The van der Waals surface area contributed by atoms with Gasteiger partial charge in [0.15, 0.2) is 0 Å². The van der Waals surface area contributed by atoms with Crippen molar-refractivity contribution in [3.8, 4) is 0 Å². The molecule has 1 atom stereocenters. The summed E-state index contributed by atoms with van der Waals surface area (Å²) in [5.74, 6) is -1.64. The highest BCUT2D eigenvalue weighted by molar-refractivity contribution is 7.88. The van der Waals surface area contributed by atoms with E-state index in [9.17, 15) is 18.0 Å². The third-order valence-electron chi connectivity index (χ3n) is 2.27. The van der Waals surface area contributed by atoms with Gasteiger partial charge in [0.1, 0.15) is 6.04 Å². The molecule has 0 aliphatic carbocycles. The Labute approximate surface area is 107 Å². The molecule has 2 N–H and O–H groups in total. The van der Waals surface area contributed by atoms with Crippen molar-refractivity contribution in [3.05, 3.63) is 0 Å². The topological polar surface area (TPSA) is 104 Å². The predicted octanol–water partition coefficient (Wildman–Crippen LogP) is -0.507. The zero-order valence-electron chi connectivity index (χ0n) is 11.0. The minimum Gasteiger partial charge on any atom is -0.480 e. The number of hydrogen-bond acceptors (Lipinski definition) is 4. The predicted molar refractivity (Wildman–Crippen MR) is 66.5 cm³/mol.